The Kier molecular flexibility index (Phi) is 14.0. The summed E-state index contributed by atoms with van der Waals surface area (Å²) in [5.74, 6) is 1.14. The highest BCUT2D eigenvalue weighted by Gasteiger charge is 2.22. The summed E-state index contributed by atoms with van der Waals surface area (Å²) in [5.41, 5.74) is 2.42. The van der Waals surface area contributed by atoms with E-state index in [0.29, 0.717) is 29.1 Å². The zero-order valence-corrected chi connectivity index (χ0v) is 24.0. The molecule has 0 N–H and O–H groups in total. The van der Waals surface area contributed by atoms with Gasteiger partial charge in [0.15, 0.2) is 5.75 Å². The smallest absolute Gasteiger partial charge is 0.383 e. The van der Waals surface area contributed by atoms with Gasteiger partial charge in [-0.1, -0.05) is 75.2 Å². The lowest BCUT2D eigenvalue weighted by atomic mass is 10.1. The molecule has 0 bridgehead atoms. The van der Waals surface area contributed by atoms with Gasteiger partial charge in [0.05, 0.1) is 12.7 Å². The first kappa shape index (κ1) is 30.5. The fourth-order valence-electron chi connectivity index (χ4n) is 4.14. The van der Waals surface area contributed by atoms with Gasteiger partial charge in [0.1, 0.15) is 23.3 Å². The second-order valence-electron chi connectivity index (χ2n) is 10.3. The van der Waals surface area contributed by atoms with Crippen molar-refractivity contribution in [3.8, 4) is 17.2 Å². The molecule has 0 aliphatic heterocycles. The van der Waals surface area contributed by atoms with Gasteiger partial charge in [-0.15, -0.1) is 0 Å². The number of fused-ring (bicyclic) bond motifs is 1. The molecular formula is C32H48O5. The second-order valence-corrected chi connectivity index (χ2v) is 10.3. The molecule has 2 aromatic rings. The maximum absolute atomic E-state index is 12.9. The first-order valence-electron chi connectivity index (χ1n) is 14.1. The fraction of sp³-hybridized carbons (Fsp3) is 0.594. The van der Waals surface area contributed by atoms with E-state index < -0.39 is 5.63 Å². The lowest BCUT2D eigenvalue weighted by Crippen LogP contribution is -2.14. The average Bonchev–Trinajstić information content (AvgIpc) is 2.84. The Morgan fingerprint density at radius 3 is 2.30 bits per heavy atom. The van der Waals surface area contributed by atoms with Gasteiger partial charge in [-0.3, -0.25) is 0 Å². The number of benzene rings is 1. The zero-order chi connectivity index (χ0) is 27.0. The van der Waals surface area contributed by atoms with Crippen molar-refractivity contribution in [2.45, 2.75) is 112 Å². The van der Waals surface area contributed by atoms with Gasteiger partial charge < -0.3 is 18.6 Å². The molecule has 5 nitrogen and oxygen atoms in total. The molecule has 0 spiro atoms. The van der Waals surface area contributed by atoms with Gasteiger partial charge in [0.2, 0.25) is 5.75 Å². The van der Waals surface area contributed by atoms with Gasteiger partial charge in [0, 0.05) is 0 Å². The normalized spacial score (nSPS) is 11.7. The van der Waals surface area contributed by atoms with Crippen LogP contribution in [0.2, 0.25) is 0 Å². The van der Waals surface area contributed by atoms with E-state index in [1.807, 2.05) is 32.1 Å². The third kappa shape index (κ3) is 11.1. The molecule has 1 heterocycles. The Morgan fingerprint density at radius 2 is 1.62 bits per heavy atom. The Balaban J connectivity index is 2.14. The Hall–Kier alpha value is -2.69. The van der Waals surface area contributed by atoms with E-state index in [-0.39, 0.29) is 18.5 Å². The van der Waals surface area contributed by atoms with Crippen LogP contribution >= 0.6 is 0 Å². The van der Waals surface area contributed by atoms with Crippen molar-refractivity contribution in [1.82, 2.24) is 0 Å². The van der Waals surface area contributed by atoms with Crippen LogP contribution in [-0.4, -0.2) is 19.3 Å². The Labute approximate surface area is 223 Å². The van der Waals surface area contributed by atoms with E-state index in [1.165, 1.54) is 49.7 Å². The van der Waals surface area contributed by atoms with Crippen LogP contribution in [0.4, 0.5) is 0 Å². The monoisotopic (exact) mass is 512 g/mol. The van der Waals surface area contributed by atoms with Crippen LogP contribution in [-0.2, 0) is 0 Å². The van der Waals surface area contributed by atoms with Crippen molar-refractivity contribution in [3.63, 3.8) is 0 Å². The second kappa shape index (κ2) is 16.9. The molecule has 0 aliphatic carbocycles. The summed E-state index contributed by atoms with van der Waals surface area (Å²) in [6.45, 7) is 13.3. The molecule has 37 heavy (non-hydrogen) atoms. The van der Waals surface area contributed by atoms with E-state index in [9.17, 15) is 4.79 Å². The number of allylic oxidation sites excluding steroid dienone is 3. The summed E-state index contributed by atoms with van der Waals surface area (Å²) < 4.78 is 23.9. The summed E-state index contributed by atoms with van der Waals surface area (Å²) in [7, 11) is 0. The van der Waals surface area contributed by atoms with Gasteiger partial charge >= 0.3 is 5.63 Å². The van der Waals surface area contributed by atoms with Crippen molar-refractivity contribution < 1.29 is 18.6 Å². The van der Waals surface area contributed by atoms with Crippen molar-refractivity contribution >= 4 is 11.0 Å². The van der Waals surface area contributed by atoms with Crippen LogP contribution in [0.1, 0.15) is 106 Å². The molecule has 0 aliphatic rings. The molecule has 206 valence electrons. The van der Waals surface area contributed by atoms with Gasteiger partial charge in [0.25, 0.3) is 0 Å². The lowest BCUT2D eigenvalue weighted by Gasteiger charge is -2.17. The van der Waals surface area contributed by atoms with E-state index >= 15 is 0 Å². The van der Waals surface area contributed by atoms with Gasteiger partial charge in [-0.25, -0.2) is 4.79 Å². The van der Waals surface area contributed by atoms with E-state index in [1.54, 1.807) is 6.07 Å². The molecule has 0 radical (unpaired) electrons. The topological polar surface area (TPSA) is 57.9 Å². The number of hydrogen-bond acceptors (Lipinski definition) is 5. The van der Waals surface area contributed by atoms with Crippen molar-refractivity contribution in [2.24, 2.45) is 0 Å². The average molecular weight is 513 g/mol. The van der Waals surface area contributed by atoms with Crippen molar-refractivity contribution in [2.75, 3.05) is 13.2 Å². The number of unbranched alkanes of at least 4 members (excludes halogenated alkanes) is 7. The molecule has 0 unspecified atom stereocenters. The highest BCUT2D eigenvalue weighted by Crippen LogP contribution is 2.39. The standard InChI is InChI=1S/C32H48O5/c1-7-8-9-10-11-12-13-14-22-34-27-19-16-20-28-29(27)30(36-25(4)5)31(32(33)37-28)35-23-21-26(6)18-15-17-24(2)3/h16-17,19-21,25H,7-15,18,22-23H2,1-6H3/b26-21+. The Morgan fingerprint density at radius 1 is 0.919 bits per heavy atom. The molecule has 0 amide bonds. The van der Waals surface area contributed by atoms with Crippen molar-refractivity contribution in [3.05, 3.63) is 51.9 Å². The zero-order valence-electron chi connectivity index (χ0n) is 24.0. The van der Waals surface area contributed by atoms with E-state index in [2.05, 4.69) is 33.8 Å². The summed E-state index contributed by atoms with van der Waals surface area (Å²) >= 11 is 0. The van der Waals surface area contributed by atoms with Crippen LogP contribution in [0.3, 0.4) is 0 Å². The van der Waals surface area contributed by atoms with Gasteiger partial charge in [-0.2, -0.15) is 0 Å². The highest BCUT2D eigenvalue weighted by molar-refractivity contribution is 5.91. The minimum atomic E-state index is -0.543. The van der Waals surface area contributed by atoms with E-state index in [4.69, 9.17) is 18.6 Å². The molecule has 1 aromatic carbocycles. The predicted octanol–water partition coefficient (Wildman–Crippen LogP) is 9.17. The lowest BCUT2D eigenvalue weighted by molar-refractivity contribution is 0.223. The third-order valence-corrected chi connectivity index (χ3v) is 6.17. The minimum absolute atomic E-state index is 0.0951. The molecular weight excluding hydrogens is 464 g/mol. The molecule has 2 rings (SSSR count). The number of hydrogen-bond donors (Lipinski definition) is 0. The maximum Gasteiger partial charge on any atom is 0.383 e. The summed E-state index contributed by atoms with van der Waals surface area (Å²) in [4.78, 5) is 12.9. The molecule has 0 atom stereocenters. The number of ether oxygens (including phenoxy) is 3. The SMILES string of the molecule is CCCCCCCCCCOc1cccc2oc(=O)c(OC/C=C(\C)CCC=C(C)C)c(OC(C)C)c12. The Bertz CT molecular complexity index is 1060. The molecule has 0 fully saturated rings. The first-order valence-corrected chi connectivity index (χ1v) is 14.1. The van der Waals surface area contributed by atoms with Gasteiger partial charge in [-0.05, 0) is 72.1 Å². The van der Waals surface area contributed by atoms with Crippen LogP contribution in [0.25, 0.3) is 11.0 Å². The summed E-state index contributed by atoms with van der Waals surface area (Å²) in [6, 6.07) is 5.51. The van der Waals surface area contributed by atoms with Crippen LogP contribution < -0.4 is 19.8 Å². The number of rotatable bonds is 18. The molecule has 0 saturated heterocycles. The van der Waals surface area contributed by atoms with Crippen LogP contribution in [0.5, 0.6) is 17.2 Å². The molecule has 5 heteroatoms. The van der Waals surface area contributed by atoms with Crippen LogP contribution in [0.15, 0.2) is 50.7 Å². The third-order valence-electron chi connectivity index (χ3n) is 6.17. The summed E-state index contributed by atoms with van der Waals surface area (Å²) in [5, 5.41) is 0.648. The van der Waals surface area contributed by atoms with E-state index in [0.717, 1.165) is 25.7 Å². The fourth-order valence-corrected chi connectivity index (χ4v) is 4.14. The minimum Gasteiger partial charge on any atom is -0.493 e. The highest BCUT2D eigenvalue weighted by atomic mass is 16.5. The van der Waals surface area contributed by atoms with Crippen molar-refractivity contribution in [1.29, 1.82) is 0 Å². The maximum atomic E-state index is 12.9. The first-order chi connectivity index (χ1) is 17.8. The predicted molar refractivity (Wildman–Crippen MR) is 154 cm³/mol. The summed E-state index contributed by atoms with van der Waals surface area (Å²) in [6.07, 6.45) is 15.9. The molecule has 1 aromatic heterocycles. The quantitative estimate of drug-likeness (QED) is 0.113. The largest absolute Gasteiger partial charge is 0.493 e. The molecule has 0 saturated carbocycles. The van der Waals surface area contributed by atoms with Crippen LogP contribution in [0, 0.1) is 0 Å².